The van der Waals surface area contributed by atoms with E-state index in [0.717, 1.165) is 21.7 Å². The third kappa shape index (κ3) is 2.94. The average molecular weight is 376 g/mol. The van der Waals surface area contributed by atoms with Gasteiger partial charge in [0.2, 0.25) is 11.8 Å². The number of nitriles is 1. The highest BCUT2D eigenvalue weighted by molar-refractivity contribution is 7.13. The first kappa shape index (κ1) is 17.5. The minimum absolute atomic E-state index is 0.0540. The summed E-state index contributed by atoms with van der Waals surface area (Å²) in [5, 5.41) is 27.3. The minimum Gasteiger partial charge on any atom is -0.422 e. The van der Waals surface area contributed by atoms with Gasteiger partial charge < -0.3 is 4.74 Å². The topological polar surface area (TPSA) is 85.5 Å². The van der Waals surface area contributed by atoms with Gasteiger partial charge in [0, 0.05) is 5.92 Å². The molecule has 0 amide bonds. The smallest absolute Gasteiger partial charge is 0.244 e. The number of fused-ring (bicyclic) bond motifs is 1. The maximum Gasteiger partial charge on any atom is 0.244 e. The van der Waals surface area contributed by atoms with Gasteiger partial charge in [-0.1, -0.05) is 51.1 Å². The van der Waals surface area contributed by atoms with Crippen LogP contribution in [0.1, 0.15) is 43.4 Å². The highest BCUT2D eigenvalue weighted by Gasteiger charge is 2.41. The van der Waals surface area contributed by atoms with Crippen LogP contribution in [-0.2, 0) is 5.41 Å². The van der Waals surface area contributed by atoms with Crippen LogP contribution in [0.15, 0.2) is 41.8 Å². The van der Waals surface area contributed by atoms with Gasteiger partial charge >= 0.3 is 0 Å². The molecule has 27 heavy (non-hydrogen) atoms. The summed E-state index contributed by atoms with van der Waals surface area (Å²) in [4.78, 5) is 1.04. The largest absolute Gasteiger partial charge is 0.422 e. The van der Waals surface area contributed by atoms with Crippen LogP contribution in [-0.4, -0.2) is 16.1 Å². The molecule has 1 aliphatic heterocycles. The lowest BCUT2D eigenvalue weighted by atomic mass is 9.78. The first-order chi connectivity index (χ1) is 12.9. The van der Waals surface area contributed by atoms with E-state index in [1.165, 1.54) is 5.56 Å². The molecule has 1 aliphatic rings. The standard InChI is InChI=1S/C21H20N4OS/c1-21(2,3)13-8-6-12(7-9-13)16-14(11-22)19(23)26-20-17(16)18(24-25-20)15-5-4-10-27-15/h4-10,14,16,23H,1-3H3,(H,24,25). The zero-order valence-corrected chi connectivity index (χ0v) is 16.2. The van der Waals surface area contributed by atoms with Gasteiger partial charge in [-0.15, -0.1) is 16.4 Å². The zero-order valence-electron chi connectivity index (χ0n) is 15.4. The average Bonchev–Trinajstić information content (AvgIpc) is 3.29. The number of nitrogens with zero attached hydrogens (tertiary/aromatic N) is 2. The van der Waals surface area contributed by atoms with Crippen molar-refractivity contribution in [3.63, 3.8) is 0 Å². The lowest BCUT2D eigenvalue weighted by molar-refractivity contribution is 0.437. The van der Waals surface area contributed by atoms with E-state index in [9.17, 15) is 5.26 Å². The maximum absolute atomic E-state index is 9.76. The van der Waals surface area contributed by atoms with Crippen molar-refractivity contribution in [1.29, 1.82) is 10.7 Å². The van der Waals surface area contributed by atoms with Gasteiger partial charge in [-0.05, 0) is 28.0 Å². The van der Waals surface area contributed by atoms with Gasteiger partial charge in [0.15, 0.2) is 0 Å². The third-order valence-corrected chi connectivity index (χ3v) is 5.83. The fraction of sp³-hybridized carbons (Fsp3) is 0.286. The molecule has 0 saturated heterocycles. The van der Waals surface area contributed by atoms with Crippen molar-refractivity contribution in [1.82, 2.24) is 10.2 Å². The van der Waals surface area contributed by atoms with Crippen LogP contribution in [0.3, 0.4) is 0 Å². The Morgan fingerprint density at radius 1 is 1.22 bits per heavy atom. The van der Waals surface area contributed by atoms with Crippen molar-refractivity contribution in [2.75, 3.05) is 0 Å². The van der Waals surface area contributed by atoms with E-state index >= 15 is 0 Å². The van der Waals surface area contributed by atoms with Crippen molar-refractivity contribution in [3.8, 4) is 22.5 Å². The van der Waals surface area contributed by atoms with Crippen LogP contribution in [0.25, 0.3) is 10.6 Å². The van der Waals surface area contributed by atoms with Crippen molar-refractivity contribution < 1.29 is 4.74 Å². The predicted octanol–water partition coefficient (Wildman–Crippen LogP) is 5.08. The molecule has 5 nitrogen and oxygen atoms in total. The van der Waals surface area contributed by atoms with Gasteiger partial charge in [0.05, 0.1) is 22.2 Å². The molecule has 0 aliphatic carbocycles. The summed E-state index contributed by atoms with van der Waals surface area (Å²) < 4.78 is 5.57. The molecule has 3 aromatic rings. The second-order valence-corrected chi connectivity index (χ2v) is 8.67. The van der Waals surface area contributed by atoms with E-state index < -0.39 is 5.92 Å². The monoisotopic (exact) mass is 376 g/mol. The lowest BCUT2D eigenvalue weighted by Gasteiger charge is -2.28. The Kier molecular flexibility index (Phi) is 4.12. The fourth-order valence-corrected chi connectivity index (χ4v) is 4.21. The Morgan fingerprint density at radius 3 is 2.56 bits per heavy atom. The predicted molar refractivity (Wildman–Crippen MR) is 106 cm³/mol. The number of thiophene rings is 1. The Morgan fingerprint density at radius 2 is 1.96 bits per heavy atom. The molecule has 1 aromatic carbocycles. The summed E-state index contributed by atoms with van der Waals surface area (Å²) in [6.07, 6.45) is 0. The summed E-state index contributed by atoms with van der Waals surface area (Å²) in [6, 6.07) is 14.6. The minimum atomic E-state index is -0.686. The van der Waals surface area contributed by atoms with Crippen LogP contribution in [0, 0.1) is 22.7 Å². The van der Waals surface area contributed by atoms with E-state index in [-0.39, 0.29) is 17.2 Å². The number of H-pyrrole nitrogens is 1. The van der Waals surface area contributed by atoms with E-state index in [0.29, 0.717) is 5.88 Å². The van der Waals surface area contributed by atoms with E-state index in [1.54, 1.807) is 11.3 Å². The number of rotatable bonds is 2. The van der Waals surface area contributed by atoms with Crippen LogP contribution < -0.4 is 4.74 Å². The maximum atomic E-state index is 9.76. The van der Waals surface area contributed by atoms with Crippen molar-refractivity contribution >= 4 is 17.2 Å². The number of ether oxygens (including phenoxy) is 1. The molecule has 0 radical (unpaired) electrons. The summed E-state index contributed by atoms with van der Waals surface area (Å²) >= 11 is 1.60. The highest BCUT2D eigenvalue weighted by atomic mass is 32.1. The molecule has 0 bridgehead atoms. The normalized spacial score (nSPS) is 19.3. The molecule has 4 rings (SSSR count). The van der Waals surface area contributed by atoms with Gasteiger partial charge in [-0.2, -0.15) is 5.26 Å². The molecular formula is C21H20N4OS. The molecule has 0 saturated carbocycles. The second-order valence-electron chi connectivity index (χ2n) is 7.72. The Hall–Kier alpha value is -2.91. The van der Waals surface area contributed by atoms with E-state index in [1.807, 2.05) is 17.5 Å². The molecule has 2 aromatic heterocycles. The quantitative estimate of drug-likeness (QED) is 0.654. The molecule has 2 N–H and O–H groups in total. The highest BCUT2D eigenvalue weighted by Crippen LogP contribution is 2.46. The molecule has 0 fully saturated rings. The summed E-state index contributed by atoms with van der Waals surface area (Å²) in [5.41, 5.74) is 3.98. The molecule has 0 spiro atoms. The zero-order chi connectivity index (χ0) is 19.2. The summed E-state index contributed by atoms with van der Waals surface area (Å²) in [7, 11) is 0. The second kappa shape index (κ2) is 6.36. The molecule has 6 heteroatoms. The third-order valence-electron chi connectivity index (χ3n) is 4.94. The number of nitrogens with one attached hydrogen (secondary N) is 2. The van der Waals surface area contributed by atoms with Crippen LogP contribution in [0.5, 0.6) is 5.88 Å². The van der Waals surface area contributed by atoms with Gasteiger partial charge in [-0.3, -0.25) is 10.5 Å². The number of aromatic amines is 1. The number of hydrogen-bond donors (Lipinski definition) is 2. The Labute approximate surface area is 162 Å². The van der Waals surface area contributed by atoms with Crippen molar-refractivity contribution in [2.45, 2.75) is 32.1 Å². The van der Waals surface area contributed by atoms with Gasteiger partial charge in [0.25, 0.3) is 0 Å². The molecule has 2 atom stereocenters. The summed E-state index contributed by atoms with van der Waals surface area (Å²) in [5.74, 6) is -0.649. The Balaban J connectivity index is 1.87. The molecular weight excluding hydrogens is 356 g/mol. The van der Waals surface area contributed by atoms with Crippen molar-refractivity contribution in [2.24, 2.45) is 5.92 Å². The molecule has 136 valence electrons. The fourth-order valence-electron chi connectivity index (χ4n) is 3.48. The SMILES string of the molecule is CC(C)(C)c1ccc(C2c3c(n[nH]c3-c3cccs3)OC(=N)C2C#N)cc1. The molecule has 3 heterocycles. The van der Waals surface area contributed by atoms with Crippen LogP contribution in [0.2, 0.25) is 0 Å². The van der Waals surface area contributed by atoms with Gasteiger partial charge in [-0.25, -0.2) is 0 Å². The van der Waals surface area contributed by atoms with Crippen LogP contribution in [0.4, 0.5) is 0 Å². The number of aromatic nitrogens is 2. The van der Waals surface area contributed by atoms with Crippen LogP contribution >= 0.6 is 11.3 Å². The van der Waals surface area contributed by atoms with Gasteiger partial charge in [0.1, 0.15) is 5.92 Å². The summed E-state index contributed by atoms with van der Waals surface area (Å²) in [6.45, 7) is 6.52. The first-order valence-corrected chi connectivity index (χ1v) is 9.66. The number of benzene rings is 1. The van der Waals surface area contributed by atoms with E-state index in [4.69, 9.17) is 10.1 Å². The van der Waals surface area contributed by atoms with Crippen molar-refractivity contribution in [3.05, 3.63) is 58.5 Å². The molecule has 2 unspecified atom stereocenters. The van der Waals surface area contributed by atoms with E-state index in [2.05, 4.69) is 61.3 Å². The lowest BCUT2D eigenvalue weighted by Crippen LogP contribution is -2.30. The first-order valence-electron chi connectivity index (χ1n) is 8.78. The Bertz CT molecular complexity index is 1020. The number of hydrogen-bond acceptors (Lipinski definition) is 5.